The van der Waals surface area contributed by atoms with E-state index in [1.807, 2.05) is 0 Å². The highest BCUT2D eigenvalue weighted by Gasteiger charge is 2.10. The second-order valence-corrected chi connectivity index (χ2v) is 4.10. The maximum atomic E-state index is 10.5. The van der Waals surface area contributed by atoms with E-state index in [0.717, 1.165) is 0 Å². The summed E-state index contributed by atoms with van der Waals surface area (Å²) in [6.45, 7) is 2.57. The van der Waals surface area contributed by atoms with Gasteiger partial charge >= 0.3 is 0 Å². The molecule has 1 heterocycles. The maximum Gasteiger partial charge on any atom is 0.217 e. The van der Waals surface area contributed by atoms with Crippen LogP contribution in [0.25, 0.3) is 0 Å². The molecule has 1 rings (SSSR count). The van der Waals surface area contributed by atoms with Crippen LogP contribution < -0.4 is 11.1 Å². The predicted octanol–water partition coefficient (Wildman–Crippen LogP) is -0.0570. The highest BCUT2D eigenvalue weighted by atomic mass is 16.3. The van der Waals surface area contributed by atoms with Gasteiger partial charge in [0.15, 0.2) is 0 Å². The number of aryl methyl sites for hydroxylation is 1. The summed E-state index contributed by atoms with van der Waals surface area (Å²) in [4.78, 5) is 14.5. The van der Waals surface area contributed by atoms with E-state index in [1.165, 1.54) is 0 Å². The number of aromatic nitrogens is 1. The summed E-state index contributed by atoms with van der Waals surface area (Å²) in [7, 11) is 0. The van der Waals surface area contributed by atoms with Crippen molar-refractivity contribution in [2.24, 2.45) is 5.73 Å². The fourth-order valence-electron chi connectivity index (χ4n) is 1.62. The molecule has 0 atom stereocenters. The lowest BCUT2D eigenvalue weighted by Crippen LogP contribution is -2.19. The fraction of sp³-hybridized carbons (Fsp3) is 0.500. The SMILES string of the molecule is Cc1ncc(CO)c(CNCCCC(N)=O)c1O. The molecule has 0 saturated heterocycles. The van der Waals surface area contributed by atoms with Gasteiger partial charge in [-0.1, -0.05) is 0 Å². The first-order valence-electron chi connectivity index (χ1n) is 5.82. The largest absolute Gasteiger partial charge is 0.506 e. The van der Waals surface area contributed by atoms with E-state index >= 15 is 0 Å². The quantitative estimate of drug-likeness (QED) is 0.509. The standard InChI is InChI=1S/C12H19N3O3/c1-8-12(18)10(9(7-16)5-15-8)6-14-4-2-3-11(13)17/h5,14,16,18H,2-4,6-7H2,1H3,(H2,13,17). The number of primary amides is 1. The Kier molecular flexibility index (Phi) is 5.54. The Morgan fingerprint density at radius 3 is 2.89 bits per heavy atom. The van der Waals surface area contributed by atoms with E-state index in [0.29, 0.717) is 42.8 Å². The third-order valence-corrected chi connectivity index (χ3v) is 2.68. The van der Waals surface area contributed by atoms with Crippen molar-refractivity contribution in [3.63, 3.8) is 0 Å². The molecule has 0 aromatic carbocycles. The third kappa shape index (κ3) is 3.97. The lowest BCUT2D eigenvalue weighted by Gasteiger charge is -2.12. The number of carbonyl (C=O) groups is 1. The fourth-order valence-corrected chi connectivity index (χ4v) is 1.62. The van der Waals surface area contributed by atoms with E-state index in [1.54, 1.807) is 13.1 Å². The molecule has 18 heavy (non-hydrogen) atoms. The van der Waals surface area contributed by atoms with Crippen LogP contribution >= 0.6 is 0 Å². The minimum atomic E-state index is -0.324. The number of nitrogens with zero attached hydrogens (tertiary/aromatic N) is 1. The number of nitrogens with two attached hydrogens (primary N) is 1. The van der Waals surface area contributed by atoms with Crippen molar-refractivity contribution in [3.05, 3.63) is 23.0 Å². The number of nitrogens with one attached hydrogen (secondary N) is 1. The molecule has 0 aliphatic carbocycles. The van der Waals surface area contributed by atoms with Crippen LogP contribution in [0.2, 0.25) is 0 Å². The van der Waals surface area contributed by atoms with E-state index in [4.69, 9.17) is 10.8 Å². The monoisotopic (exact) mass is 253 g/mol. The summed E-state index contributed by atoms with van der Waals surface area (Å²) >= 11 is 0. The highest BCUT2D eigenvalue weighted by Crippen LogP contribution is 2.23. The van der Waals surface area contributed by atoms with Gasteiger partial charge in [0, 0.05) is 30.3 Å². The summed E-state index contributed by atoms with van der Waals surface area (Å²) in [5, 5.41) is 22.1. The Bertz CT molecular complexity index is 421. The number of rotatable bonds is 7. The lowest BCUT2D eigenvalue weighted by atomic mass is 10.1. The minimum absolute atomic E-state index is 0.101. The van der Waals surface area contributed by atoms with Gasteiger partial charge in [-0.25, -0.2) is 0 Å². The molecule has 0 aliphatic heterocycles. The zero-order valence-electron chi connectivity index (χ0n) is 10.4. The van der Waals surface area contributed by atoms with Crippen molar-refractivity contribution >= 4 is 5.91 Å². The first-order valence-corrected chi connectivity index (χ1v) is 5.82. The third-order valence-electron chi connectivity index (χ3n) is 2.68. The normalized spacial score (nSPS) is 10.6. The summed E-state index contributed by atoms with van der Waals surface area (Å²) in [6, 6.07) is 0. The van der Waals surface area contributed by atoms with Gasteiger partial charge in [-0.05, 0) is 19.9 Å². The van der Waals surface area contributed by atoms with Crippen LogP contribution in [0.1, 0.15) is 29.7 Å². The summed E-state index contributed by atoms with van der Waals surface area (Å²) in [6.07, 6.45) is 2.53. The topological polar surface area (TPSA) is 108 Å². The number of pyridine rings is 1. The van der Waals surface area contributed by atoms with Gasteiger partial charge in [0.05, 0.1) is 12.3 Å². The maximum absolute atomic E-state index is 10.5. The summed E-state index contributed by atoms with van der Waals surface area (Å²) in [5.74, 6) is -0.223. The molecule has 100 valence electrons. The Morgan fingerprint density at radius 1 is 1.56 bits per heavy atom. The molecule has 5 N–H and O–H groups in total. The second kappa shape index (κ2) is 6.93. The highest BCUT2D eigenvalue weighted by molar-refractivity contribution is 5.73. The average molecular weight is 253 g/mol. The summed E-state index contributed by atoms with van der Waals surface area (Å²) < 4.78 is 0. The molecule has 0 saturated carbocycles. The Balaban J connectivity index is 2.55. The van der Waals surface area contributed by atoms with Gasteiger partial charge in [0.2, 0.25) is 5.91 Å². The Labute approximate surface area is 106 Å². The van der Waals surface area contributed by atoms with Crippen LogP contribution in [0.15, 0.2) is 6.20 Å². The number of carbonyl (C=O) groups excluding carboxylic acids is 1. The molecule has 0 aliphatic rings. The number of amides is 1. The zero-order valence-corrected chi connectivity index (χ0v) is 10.4. The molecule has 0 bridgehead atoms. The van der Waals surface area contributed by atoms with Gasteiger partial charge in [0.25, 0.3) is 0 Å². The van der Waals surface area contributed by atoms with Crippen molar-refractivity contribution in [3.8, 4) is 5.75 Å². The minimum Gasteiger partial charge on any atom is -0.506 e. The number of aliphatic hydroxyl groups excluding tert-OH is 1. The van der Waals surface area contributed by atoms with E-state index in [9.17, 15) is 9.90 Å². The van der Waals surface area contributed by atoms with Crippen LogP contribution in [-0.4, -0.2) is 27.6 Å². The molecule has 6 heteroatoms. The molecule has 1 aromatic heterocycles. The Morgan fingerprint density at radius 2 is 2.28 bits per heavy atom. The van der Waals surface area contributed by atoms with Crippen molar-refractivity contribution in [1.29, 1.82) is 0 Å². The predicted molar refractivity (Wildman–Crippen MR) is 66.7 cm³/mol. The van der Waals surface area contributed by atoms with Crippen LogP contribution in [0.3, 0.4) is 0 Å². The number of aliphatic hydroxyl groups is 1. The molecule has 0 radical (unpaired) electrons. The number of hydrogen-bond donors (Lipinski definition) is 4. The van der Waals surface area contributed by atoms with Crippen molar-refractivity contribution < 1.29 is 15.0 Å². The van der Waals surface area contributed by atoms with E-state index in [-0.39, 0.29) is 18.3 Å². The molecule has 0 spiro atoms. The van der Waals surface area contributed by atoms with E-state index in [2.05, 4.69) is 10.3 Å². The van der Waals surface area contributed by atoms with Gasteiger partial charge in [0.1, 0.15) is 5.75 Å². The first-order chi connectivity index (χ1) is 8.56. The lowest BCUT2D eigenvalue weighted by molar-refractivity contribution is -0.118. The van der Waals surface area contributed by atoms with Gasteiger partial charge in [-0.15, -0.1) is 0 Å². The van der Waals surface area contributed by atoms with Gasteiger partial charge in [-0.3, -0.25) is 9.78 Å². The van der Waals surface area contributed by atoms with Crippen molar-refractivity contribution in [1.82, 2.24) is 10.3 Å². The van der Waals surface area contributed by atoms with Gasteiger partial charge in [-0.2, -0.15) is 0 Å². The molecular formula is C12H19N3O3. The van der Waals surface area contributed by atoms with Crippen molar-refractivity contribution in [2.45, 2.75) is 32.9 Å². The van der Waals surface area contributed by atoms with E-state index < -0.39 is 0 Å². The van der Waals surface area contributed by atoms with Crippen LogP contribution in [0, 0.1) is 6.92 Å². The molecular weight excluding hydrogens is 234 g/mol. The number of hydrogen-bond acceptors (Lipinski definition) is 5. The molecule has 6 nitrogen and oxygen atoms in total. The number of aromatic hydroxyl groups is 1. The second-order valence-electron chi connectivity index (χ2n) is 4.10. The van der Waals surface area contributed by atoms with Crippen LogP contribution in [0.4, 0.5) is 0 Å². The van der Waals surface area contributed by atoms with Crippen LogP contribution in [-0.2, 0) is 17.9 Å². The zero-order chi connectivity index (χ0) is 13.5. The molecule has 0 unspecified atom stereocenters. The van der Waals surface area contributed by atoms with Crippen molar-refractivity contribution in [2.75, 3.05) is 6.54 Å². The molecule has 0 fully saturated rings. The average Bonchev–Trinajstić information content (AvgIpc) is 2.33. The molecule has 1 amide bonds. The first kappa shape index (κ1) is 14.4. The molecule has 1 aromatic rings. The van der Waals surface area contributed by atoms with Crippen LogP contribution in [0.5, 0.6) is 5.75 Å². The summed E-state index contributed by atoms with van der Waals surface area (Å²) in [5.41, 5.74) is 6.80. The smallest absolute Gasteiger partial charge is 0.217 e. The Hall–Kier alpha value is -1.66. The van der Waals surface area contributed by atoms with Gasteiger partial charge < -0.3 is 21.3 Å².